The minimum atomic E-state index is -3.94. The molecule has 0 aromatic heterocycles. The van der Waals surface area contributed by atoms with Crippen molar-refractivity contribution in [1.29, 1.82) is 0 Å². The average Bonchev–Trinajstić information content (AvgIpc) is 2.72. The maximum atomic E-state index is 13.3. The summed E-state index contributed by atoms with van der Waals surface area (Å²) in [5.41, 5.74) is 0.767. The molecule has 0 heterocycles. The molecule has 7 nitrogen and oxygen atoms in total. The Balaban J connectivity index is 2.44. The second-order valence-corrected chi connectivity index (χ2v) is 11.0. The van der Waals surface area contributed by atoms with Gasteiger partial charge in [0.25, 0.3) is 0 Å². The highest BCUT2D eigenvalue weighted by atomic mass is 79.9. The first-order valence-corrected chi connectivity index (χ1v) is 13.0. The van der Waals surface area contributed by atoms with Gasteiger partial charge in [-0.15, -0.1) is 0 Å². The van der Waals surface area contributed by atoms with Gasteiger partial charge in [-0.05, 0) is 36.8 Å². The molecule has 0 fully saturated rings. The summed E-state index contributed by atoms with van der Waals surface area (Å²) in [4.78, 5) is 26.9. The van der Waals surface area contributed by atoms with Gasteiger partial charge in [-0.2, -0.15) is 0 Å². The molecule has 2 aromatic rings. The summed E-state index contributed by atoms with van der Waals surface area (Å²) in [7, 11) is -2.48. The molecule has 174 valence electrons. The van der Waals surface area contributed by atoms with Gasteiger partial charge in [0.2, 0.25) is 21.8 Å². The molecule has 2 rings (SSSR count). The van der Waals surface area contributed by atoms with Crippen LogP contribution in [0.15, 0.2) is 40.9 Å². The second kappa shape index (κ2) is 11.1. The van der Waals surface area contributed by atoms with Crippen molar-refractivity contribution in [2.24, 2.45) is 0 Å². The van der Waals surface area contributed by atoms with Gasteiger partial charge in [0, 0.05) is 18.1 Å². The van der Waals surface area contributed by atoms with E-state index in [-0.39, 0.29) is 27.3 Å². The van der Waals surface area contributed by atoms with Crippen molar-refractivity contribution in [2.45, 2.75) is 19.5 Å². The highest BCUT2D eigenvalue weighted by Gasteiger charge is 2.30. The molecule has 0 spiro atoms. The van der Waals surface area contributed by atoms with E-state index in [4.69, 9.17) is 34.8 Å². The molecule has 0 aliphatic heterocycles. The maximum absolute atomic E-state index is 13.3. The molecule has 0 saturated carbocycles. The van der Waals surface area contributed by atoms with E-state index in [1.165, 1.54) is 24.1 Å². The SMILES string of the molecule is CNC(=O)C(C)N(Cc1ccc(Br)cc1)C(=O)CN(c1cc(Cl)c(Cl)cc1Cl)S(C)(=O)=O. The third-order valence-electron chi connectivity index (χ3n) is 4.62. The lowest BCUT2D eigenvalue weighted by atomic mass is 10.1. The molecule has 0 saturated heterocycles. The molecule has 0 aliphatic carbocycles. The van der Waals surface area contributed by atoms with E-state index >= 15 is 0 Å². The molecule has 2 amide bonds. The van der Waals surface area contributed by atoms with Crippen LogP contribution in [0.25, 0.3) is 0 Å². The fourth-order valence-corrected chi connectivity index (χ4v) is 4.69. The lowest BCUT2D eigenvalue weighted by Crippen LogP contribution is -2.50. The first kappa shape index (κ1) is 26.7. The Kier molecular flexibility index (Phi) is 9.25. The largest absolute Gasteiger partial charge is 0.357 e. The van der Waals surface area contributed by atoms with E-state index in [0.717, 1.165) is 20.6 Å². The lowest BCUT2D eigenvalue weighted by molar-refractivity contribution is -0.139. The van der Waals surface area contributed by atoms with Crippen LogP contribution in [0.5, 0.6) is 0 Å². The summed E-state index contributed by atoms with van der Waals surface area (Å²) in [6.45, 7) is 1.06. The van der Waals surface area contributed by atoms with Gasteiger partial charge in [-0.25, -0.2) is 8.42 Å². The summed E-state index contributed by atoms with van der Waals surface area (Å²) >= 11 is 21.5. The molecular formula is C20H21BrCl3N3O4S. The highest BCUT2D eigenvalue weighted by molar-refractivity contribution is 9.10. The van der Waals surface area contributed by atoms with E-state index in [2.05, 4.69) is 21.2 Å². The number of amides is 2. The maximum Gasteiger partial charge on any atom is 0.244 e. The summed E-state index contributed by atoms with van der Waals surface area (Å²) in [5, 5.41) is 2.74. The van der Waals surface area contributed by atoms with Crippen molar-refractivity contribution in [3.63, 3.8) is 0 Å². The predicted molar refractivity (Wildman–Crippen MR) is 132 cm³/mol. The van der Waals surface area contributed by atoms with Gasteiger partial charge in [-0.3, -0.25) is 13.9 Å². The van der Waals surface area contributed by atoms with Crippen LogP contribution in [0.4, 0.5) is 5.69 Å². The molecule has 1 atom stereocenters. The van der Waals surface area contributed by atoms with E-state index < -0.39 is 34.4 Å². The summed E-state index contributed by atoms with van der Waals surface area (Å²) < 4.78 is 26.8. The Morgan fingerprint density at radius 2 is 1.62 bits per heavy atom. The molecule has 32 heavy (non-hydrogen) atoms. The van der Waals surface area contributed by atoms with E-state index in [1.54, 1.807) is 31.2 Å². The molecule has 12 heteroatoms. The van der Waals surface area contributed by atoms with Crippen molar-refractivity contribution < 1.29 is 18.0 Å². The van der Waals surface area contributed by atoms with E-state index in [0.29, 0.717) is 0 Å². The van der Waals surface area contributed by atoms with Crippen LogP contribution in [-0.2, 0) is 26.2 Å². The van der Waals surface area contributed by atoms with Gasteiger partial charge >= 0.3 is 0 Å². The first-order valence-electron chi connectivity index (χ1n) is 9.23. The van der Waals surface area contributed by atoms with Gasteiger partial charge in [-0.1, -0.05) is 62.9 Å². The molecule has 2 aromatic carbocycles. The van der Waals surface area contributed by atoms with Crippen LogP contribution >= 0.6 is 50.7 Å². The normalized spacial score (nSPS) is 12.2. The van der Waals surface area contributed by atoms with Crippen LogP contribution in [-0.4, -0.2) is 51.0 Å². The fourth-order valence-electron chi connectivity index (χ4n) is 2.88. The van der Waals surface area contributed by atoms with Crippen LogP contribution < -0.4 is 9.62 Å². The lowest BCUT2D eigenvalue weighted by Gasteiger charge is -2.31. The Morgan fingerprint density at radius 1 is 1.06 bits per heavy atom. The number of nitrogens with zero attached hydrogens (tertiary/aromatic N) is 2. The van der Waals surface area contributed by atoms with Crippen LogP contribution in [0.2, 0.25) is 15.1 Å². The third kappa shape index (κ3) is 6.74. The number of nitrogens with one attached hydrogen (secondary N) is 1. The van der Waals surface area contributed by atoms with Gasteiger partial charge in [0.1, 0.15) is 12.6 Å². The van der Waals surface area contributed by atoms with Crippen molar-refractivity contribution in [2.75, 3.05) is 24.2 Å². The van der Waals surface area contributed by atoms with Gasteiger partial charge in [0.15, 0.2) is 0 Å². The number of hydrogen-bond acceptors (Lipinski definition) is 4. The topological polar surface area (TPSA) is 86.8 Å². The molecule has 0 radical (unpaired) electrons. The summed E-state index contributed by atoms with van der Waals surface area (Å²) in [6.07, 6.45) is 0.945. The van der Waals surface area contributed by atoms with Gasteiger partial charge in [0.05, 0.1) is 27.0 Å². The molecule has 0 aliphatic rings. The van der Waals surface area contributed by atoms with E-state index in [9.17, 15) is 18.0 Å². The number of likely N-dealkylation sites (N-methyl/N-ethyl adjacent to an activating group) is 1. The number of sulfonamides is 1. The zero-order valence-corrected chi connectivity index (χ0v) is 22.1. The molecule has 1 N–H and O–H groups in total. The number of halogens is 4. The molecule has 1 unspecified atom stereocenters. The van der Waals surface area contributed by atoms with Crippen molar-refractivity contribution in [3.05, 3.63) is 61.5 Å². The van der Waals surface area contributed by atoms with Gasteiger partial charge < -0.3 is 10.2 Å². The Labute approximate surface area is 210 Å². The zero-order valence-electron chi connectivity index (χ0n) is 17.4. The first-order chi connectivity index (χ1) is 14.8. The quantitative estimate of drug-likeness (QED) is 0.467. The minimum Gasteiger partial charge on any atom is -0.357 e. The Hall–Kier alpha value is -1.52. The number of rotatable bonds is 8. The zero-order chi connectivity index (χ0) is 24.2. The van der Waals surface area contributed by atoms with Crippen LogP contribution in [0, 0.1) is 0 Å². The number of carbonyl (C=O) groups is 2. The Bertz CT molecular complexity index is 1110. The minimum absolute atomic E-state index is 0.00750. The number of hydrogen-bond donors (Lipinski definition) is 1. The average molecular weight is 586 g/mol. The highest BCUT2D eigenvalue weighted by Crippen LogP contribution is 2.35. The Morgan fingerprint density at radius 3 is 2.16 bits per heavy atom. The third-order valence-corrected chi connectivity index (χ3v) is 7.30. The van der Waals surface area contributed by atoms with Crippen molar-refractivity contribution >= 4 is 78.3 Å². The number of anilines is 1. The summed E-state index contributed by atoms with van der Waals surface area (Å²) in [5.74, 6) is -0.995. The standard InChI is InChI=1S/C20H21BrCl3N3O4S/c1-12(20(29)25-2)26(10-13-4-6-14(21)7-5-13)19(28)11-27(32(3,30)31)18-9-16(23)15(22)8-17(18)24/h4-9,12H,10-11H2,1-3H3,(H,25,29). The van der Waals surface area contributed by atoms with Crippen molar-refractivity contribution in [3.8, 4) is 0 Å². The number of benzene rings is 2. The summed E-state index contributed by atoms with van der Waals surface area (Å²) in [6, 6.07) is 8.93. The van der Waals surface area contributed by atoms with Crippen LogP contribution in [0.1, 0.15) is 12.5 Å². The van der Waals surface area contributed by atoms with E-state index in [1.807, 2.05) is 0 Å². The predicted octanol–water partition coefficient (Wildman–Crippen LogP) is 4.34. The van der Waals surface area contributed by atoms with Crippen molar-refractivity contribution in [1.82, 2.24) is 10.2 Å². The smallest absolute Gasteiger partial charge is 0.244 e. The number of carbonyl (C=O) groups excluding carboxylic acids is 2. The fraction of sp³-hybridized carbons (Fsp3) is 0.300. The monoisotopic (exact) mass is 583 g/mol. The molecular weight excluding hydrogens is 565 g/mol. The second-order valence-electron chi connectivity index (χ2n) is 6.93. The molecule has 0 bridgehead atoms. The van der Waals surface area contributed by atoms with Crippen LogP contribution in [0.3, 0.4) is 0 Å².